The maximum Gasteiger partial charge on any atom is 0.287 e. The molecule has 1 aromatic heterocycles. The summed E-state index contributed by atoms with van der Waals surface area (Å²) in [5.74, 6) is -0.744. The van der Waals surface area contributed by atoms with Crippen LogP contribution in [-0.2, 0) is 6.42 Å². The summed E-state index contributed by atoms with van der Waals surface area (Å²) < 4.78 is 12.9. The van der Waals surface area contributed by atoms with Gasteiger partial charge in [-0.2, -0.15) is 4.39 Å². The van der Waals surface area contributed by atoms with E-state index in [-0.39, 0.29) is 5.69 Å². The van der Waals surface area contributed by atoms with E-state index < -0.39 is 11.4 Å². The van der Waals surface area contributed by atoms with Crippen LogP contribution < -0.4 is 5.56 Å². The Balaban J connectivity index is 2.85. The van der Waals surface area contributed by atoms with Crippen molar-refractivity contribution in [3.05, 3.63) is 28.2 Å². The molecule has 0 aliphatic rings. The Hall–Kier alpha value is -1.19. The standard InChI is InChI=1S/C8H11FN2O/c1-2-3-4-6-7(9)8(12)11-5-10-6/h5H,2-4H2,1H3,(H,10,11,12). The second kappa shape index (κ2) is 3.99. The molecule has 1 aromatic rings. The summed E-state index contributed by atoms with van der Waals surface area (Å²) in [7, 11) is 0. The molecule has 1 N–H and O–H groups in total. The molecule has 0 fully saturated rings. The number of halogens is 1. The summed E-state index contributed by atoms with van der Waals surface area (Å²) in [4.78, 5) is 16.7. The predicted octanol–water partition coefficient (Wildman–Crippen LogP) is 1.25. The van der Waals surface area contributed by atoms with E-state index in [9.17, 15) is 9.18 Å². The van der Waals surface area contributed by atoms with Crippen LogP contribution in [0.25, 0.3) is 0 Å². The summed E-state index contributed by atoms with van der Waals surface area (Å²) in [5, 5.41) is 0. The number of hydrogen-bond donors (Lipinski definition) is 1. The van der Waals surface area contributed by atoms with E-state index in [1.807, 2.05) is 6.92 Å². The smallest absolute Gasteiger partial charge is 0.287 e. The van der Waals surface area contributed by atoms with Gasteiger partial charge in [0.25, 0.3) is 5.56 Å². The fourth-order valence-corrected chi connectivity index (χ4v) is 0.938. The molecule has 4 heteroatoms. The van der Waals surface area contributed by atoms with E-state index >= 15 is 0 Å². The number of aryl methyl sites for hydroxylation is 1. The Labute approximate surface area is 69.7 Å². The van der Waals surface area contributed by atoms with Crippen LogP contribution in [0.4, 0.5) is 4.39 Å². The summed E-state index contributed by atoms with van der Waals surface area (Å²) in [5.41, 5.74) is -0.420. The van der Waals surface area contributed by atoms with Gasteiger partial charge in [-0.05, 0) is 12.8 Å². The molecule has 0 spiro atoms. The lowest BCUT2D eigenvalue weighted by Gasteiger charge is -1.97. The number of aromatic amines is 1. The highest BCUT2D eigenvalue weighted by molar-refractivity contribution is 5.01. The summed E-state index contributed by atoms with van der Waals surface area (Å²) in [6.45, 7) is 2.01. The largest absolute Gasteiger partial charge is 0.311 e. The topological polar surface area (TPSA) is 45.8 Å². The number of rotatable bonds is 3. The van der Waals surface area contributed by atoms with Crippen molar-refractivity contribution < 1.29 is 4.39 Å². The van der Waals surface area contributed by atoms with Crippen LogP contribution in [0.5, 0.6) is 0 Å². The SMILES string of the molecule is CCCCc1nc[nH]c(=O)c1F. The van der Waals surface area contributed by atoms with Gasteiger partial charge in [0, 0.05) is 0 Å². The molecule has 3 nitrogen and oxygen atoms in total. The van der Waals surface area contributed by atoms with Gasteiger partial charge in [-0.25, -0.2) is 4.98 Å². The normalized spacial score (nSPS) is 10.2. The van der Waals surface area contributed by atoms with Gasteiger partial charge in [0.2, 0.25) is 5.82 Å². The molecule has 0 aliphatic heterocycles. The second-order valence-corrected chi connectivity index (χ2v) is 2.60. The van der Waals surface area contributed by atoms with Gasteiger partial charge in [-0.3, -0.25) is 4.79 Å². The van der Waals surface area contributed by atoms with Crippen LogP contribution in [0.15, 0.2) is 11.1 Å². The van der Waals surface area contributed by atoms with Crippen molar-refractivity contribution in [1.82, 2.24) is 9.97 Å². The van der Waals surface area contributed by atoms with Crippen molar-refractivity contribution >= 4 is 0 Å². The average Bonchev–Trinajstić information content (AvgIpc) is 2.08. The van der Waals surface area contributed by atoms with E-state index in [0.717, 1.165) is 12.8 Å². The average molecular weight is 170 g/mol. The Bertz CT molecular complexity index is 308. The van der Waals surface area contributed by atoms with E-state index in [0.29, 0.717) is 6.42 Å². The minimum atomic E-state index is -0.744. The van der Waals surface area contributed by atoms with Crippen LogP contribution in [-0.4, -0.2) is 9.97 Å². The number of H-pyrrole nitrogens is 1. The van der Waals surface area contributed by atoms with Crippen LogP contribution in [0.2, 0.25) is 0 Å². The molecule has 0 aliphatic carbocycles. The first-order chi connectivity index (χ1) is 5.75. The van der Waals surface area contributed by atoms with Gasteiger partial charge in [0.15, 0.2) is 0 Å². The second-order valence-electron chi connectivity index (χ2n) is 2.60. The van der Waals surface area contributed by atoms with Crippen molar-refractivity contribution in [1.29, 1.82) is 0 Å². The van der Waals surface area contributed by atoms with Crippen LogP contribution in [0.1, 0.15) is 25.5 Å². The molecule has 0 amide bonds. The first-order valence-electron chi connectivity index (χ1n) is 3.97. The van der Waals surface area contributed by atoms with E-state index in [2.05, 4.69) is 9.97 Å². The molecule has 0 saturated carbocycles. The Morgan fingerprint density at radius 3 is 3.08 bits per heavy atom. The first-order valence-corrected chi connectivity index (χ1v) is 3.97. The van der Waals surface area contributed by atoms with Gasteiger partial charge in [0.05, 0.1) is 12.0 Å². The molecule has 1 rings (SSSR count). The molecule has 1 heterocycles. The fourth-order valence-electron chi connectivity index (χ4n) is 0.938. The molecule has 12 heavy (non-hydrogen) atoms. The molecule has 66 valence electrons. The van der Waals surface area contributed by atoms with Crippen molar-refractivity contribution in [2.75, 3.05) is 0 Å². The summed E-state index contributed by atoms with van der Waals surface area (Å²) >= 11 is 0. The molecule has 0 bridgehead atoms. The van der Waals surface area contributed by atoms with E-state index in [1.165, 1.54) is 6.33 Å². The molecule has 0 aromatic carbocycles. The lowest BCUT2D eigenvalue weighted by Crippen LogP contribution is -2.14. The maximum atomic E-state index is 12.9. The van der Waals surface area contributed by atoms with Gasteiger partial charge < -0.3 is 4.98 Å². The molecule has 0 saturated heterocycles. The van der Waals surface area contributed by atoms with Crippen LogP contribution >= 0.6 is 0 Å². The molecular formula is C8H11FN2O. The lowest BCUT2D eigenvalue weighted by molar-refractivity contribution is 0.570. The molecule has 0 unspecified atom stereocenters. The number of unbranched alkanes of at least 4 members (excludes halogenated alkanes) is 1. The molecule has 0 atom stereocenters. The van der Waals surface area contributed by atoms with Gasteiger partial charge in [-0.1, -0.05) is 13.3 Å². The third-order valence-electron chi connectivity index (χ3n) is 1.64. The number of nitrogens with one attached hydrogen (secondary N) is 1. The Morgan fingerprint density at radius 1 is 1.67 bits per heavy atom. The highest BCUT2D eigenvalue weighted by Gasteiger charge is 2.05. The van der Waals surface area contributed by atoms with Gasteiger partial charge in [0.1, 0.15) is 0 Å². The Kier molecular flexibility index (Phi) is 2.96. The highest BCUT2D eigenvalue weighted by atomic mass is 19.1. The Morgan fingerprint density at radius 2 is 2.42 bits per heavy atom. The van der Waals surface area contributed by atoms with Crippen LogP contribution in [0.3, 0.4) is 0 Å². The molecular weight excluding hydrogens is 159 g/mol. The van der Waals surface area contributed by atoms with Gasteiger partial charge >= 0.3 is 0 Å². The first kappa shape index (κ1) is 8.90. The fraction of sp³-hybridized carbons (Fsp3) is 0.500. The quantitative estimate of drug-likeness (QED) is 0.742. The zero-order valence-electron chi connectivity index (χ0n) is 6.93. The highest BCUT2D eigenvalue weighted by Crippen LogP contribution is 2.01. The number of nitrogens with zero attached hydrogens (tertiary/aromatic N) is 1. The van der Waals surface area contributed by atoms with Gasteiger partial charge in [-0.15, -0.1) is 0 Å². The number of aromatic nitrogens is 2. The minimum Gasteiger partial charge on any atom is -0.311 e. The van der Waals surface area contributed by atoms with Crippen molar-refractivity contribution in [2.24, 2.45) is 0 Å². The third kappa shape index (κ3) is 1.90. The summed E-state index contributed by atoms with van der Waals surface area (Å²) in [6.07, 6.45) is 3.59. The zero-order valence-corrected chi connectivity index (χ0v) is 6.93. The monoisotopic (exact) mass is 170 g/mol. The third-order valence-corrected chi connectivity index (χ3v) is 1.64. The van der Waals surface area contributed by atoms with Crippen molar-refractivity contribution in [3.8, 4) is 0 Å². The predicted molar refractivity (Wildman–Crippen MR) is 43.4 cm³/mol. The number of hydrogen-bond acceptors (Lipinski definition) is 2. The minimum absolute atomic E-state index is 0.264. The van der Waals surface area contributed by atoms with E-state index in [1.54, 1.807) is 0 Å². The summed E-state index contributed by atoms with van der Waals surface area (Å²) in [6, 6.07) is 0. The maximum absolute atomic E-state index is 12.9. The van der Waals surface area contributed by atoms with Crippen molar-refractivity contribution in [2.45, 2.75) is 26.2 Å². The molecule has 0 radical (unpaired) electrons. The lowest BCUT2D eigenvalue weighted by atomic mass is 10.2. The van der Waals surface area contributed by atoms with Crippen LogP contribution in [0, 0.1) is 5.82 Å². The van der Waals surface area contributed by atoms with E-state index in [4.69, 9.17) is 0 Å². The zero-order chi connectivity index (χ0) is 8.97. The van der Waals surface area contributed by atoms with Crippen molar-refractivity contribution in [3.63, 3.8) is 0 Å².